The number of carbonyl (C=O) groups is 1. The van der Waals surface area contributed by atoms with E-state index in [9.17, 15) is 9.18 Å². The minimum absolute atomic E-state index is 0.0141. The molecule has 0 saturated carbocycles. The number of thiophene rings is 1. The maximum atomic E-state index is 13.7. The second kappa shape index (κ2) is 5.08. The van der Waals surface area contributed by atoms with Crippen molar-refractivity contribution in [3.63, 3.8) is 0 Å². The lowest BCUT2D eigenvalue weighted by Crippen LogP contribution is -2.21. The Kier molecular flexibility index (Phi) is 3.71. The lowest BCUT2D eigenvalue weighted by Gasteiger charge is -2.09. The van der Waals surface area contributed by atoms with Gasteiger partial charge < -0.3 is 5.73 Å². The maximum Gasteiger partial charge on any atom is 0.187 e. The molecule has 0 saturated heterocycles. The monoisotopic (exact) mass is 313 g/mol. The number of rotatable bonds is 3. The Morgan fingerprint density at radius 2 is 2.12 bits per heavy atom. The van der Waals surface area contributed by atoms with Crippen LogP contribution in [0.2, 0.25) is 0 Å². The molecule has 0 amide bonds. The van der Waals surface area contributed by atoms with Gasteiger partial charge in [-0.25, -0.2) is 4.39 Å². The minimum atomic E-state index is -0.807. The Morgan fingerprint density at radius 3 is 2.76 bits per heavy atom. The first kappa shape index (κ1) is 12.4. The Hall–Kier alpha value is -1.04. The number of ketones is 1. The molecule has 17 heavy (non-hydrogen) atoms. The smallest absolute Gasteiger partial charge is 0.187 e. The average Bonchev–Trinajstić information content (AvgIpc) is 2.84. The molecule has 0 aliphatic heterocycles. The third-order valence-electron chi connectivity index (χ3n) is 2.35. The number of carbonyl (C=O) groups excluding carboxylic acids is 1. The molecule has 5 heteroatoms. The van der Waals surface area contributed by atoms with Crippen molar-refractivity contribution in [2.45, 2.75) is 6.04 Å². The van der Waals surface area contributed by atoms with E-state index in [0.29, 0.717) is 0 Å². The number of hydrogen-bond donors (Lipinski definition) is 1. The van der Waals surface area contributed by atoms with Crippen LogP contribution in [0, 0.1) is 5.82 Å². The van der Waals surface area contributed by atoms with Crippen LogP contribution in [0.5, 0.6) is 0 Å². The topological polar surface area (TPSA) is 43.1 Å². The van der Waals surface area contributed by atoms with E-state index in [2.05, 4.69) is 15.9 Å². The molecule has 0 aliphatic rings. The lowest BCUT2D eigenvalue weighted by atomic mass is 10.0. The molecular weight excluding hydrogens is 305 g/mol. The van der Waals surface area contributed by atoms with Gasteiger partial charge in [0.2, 0.25) is 0 Å². The number of nitrogens with two attached hydrogens (primary N) is 1. The molecule has 0 fully saturated rings. The molecule has 0 radical (unpaired) electrons. The van der Waals surface area contributed by atoms with Crippen LogP contribution >= 0.6 is 27.3 Å². The van der Waals surface area contributed by atoms with E-state index in [0.717, 1.165) is 4.88 Å². The predicted molar refractivity (Wildman–Crippen MR) is 69.7 cm³/mol. The molecule has 2 nitrogen and oxygen atoms in total. The summed E-state index contributed by atoms with van der Waals surface area (Å²) in [4.78, 5) is 12.8. The zero-order chi connectivity index (χ0) is 12.4. The van der Waals surface area contributed by atoms with E-state index < -0.39 is 17.6 Å². The van der Waals surface area contributed by atoms with E-state index in [1.807, 2.05) is 11.4 Å². The van der Waals surface area contributed by atoms with Gasteiger partial charge in [-0.3, -0.25) is 4.79 Å². The molecule has 2 rings (SSSR count). The maximum absolute atomic E-state index is 13.7. The number of benzene rings is 1. The minimum Gasteiger partial charge on any atom is -0.317 e. The van der Waals surface area contributed by atoms with E-state index in [4.69, 9.17) is 5.73 Å². The first-order chi connectivity index (χ1) is 8.11. The molecule has 0 spiro atoms. The Bertz CT molecular complexity index is 541. The van der Waals surface area contributed by atoms with E-state index in [-0.39, 0.29) is 10.0 Å². The third-order valence-corrected chi connectivity index (χ3v) is 3.92. The van der Waals surface area contributed by atoms with Crippen LogP contribution in [-0.4, -0.2) is 5.78 Å². The van der Waals surface area contributed by atoms with Crippen LogP contribution in [0.25, 0.3) is 0 Å². The fourth-order valence-corrected chi connectivity index (χ4v) is 2.55. The van der Waals surface area contributed by atoms with Gasteiger partial charge in [-0.05, 0) is 39.5 Å². The standard InChI is InChI=1S/C12H9BrFNOS/c13-8-4-1-3-7(10(8)14)12(16)11(15)9-5-2-6-17-9/h1-6,11H,15H2. The van der Waals surface area contributed by atoms with Crippen molar-refractivity contribution in [1.29, 1.82) is 0 Å². The molecule has 0 bridgehead atoms. The van der Waals surface area contributed by atoms with Gasteiger partial charge in [-0.2, -0.15) is 0 Å². The van der Waals surface area contributed by atoms with Crippen molar-refractivity contribution in [2.75, 3.05) is 0 Å². The molecule has 1 aromatic carbocycles. The van der Waals surface area contributed by atoms with Crippen molar-refractivity contribution in [3.8, 4) is 0 Å². The van der Waals surface area contributed by atoms with Crippen molar-refractivity contribution in [3.05, 3.63) is 56.4 Å². The van der Waals surface area contributed by atoms with Gasteiger partial charge in [0.25, 0.3) is 0 Å². The highest BCUT2D eigenvalue weighted by molar-refractivity contribution is 9.10. The van der Waals surface area contributed by atoms with Gasteiger partial charge in [-0.1, -0.05) is 12.1 Å². The van der Waals surface area contributed by atoms with Gasteiger partial charge in [-0.15, -0.1) is 11.3 Å². The molecule has 2 N–H and O–H groups in total. The Balaban J connectivity index is 2.35. The lowest BCUT2D eigenvalue weighted by molar-refractivity contribution is 0.0958. The van der Waals surface area contributed by atoms with Gasteiger partial charge in [0.15, 0.2) is 5.78 Å². The van der Waals surface area contributed by atoms with Crippen molar-refractivity contribution < 1.29 is 9.18 Å². The first-order valence-electron chi connectivity index (χ1n) is 4.88. The summed E-state index contributed by atoms with van der Waals surface area (Å²) in [5.74, 6) is -0.976. The van der Waals surface area contributed by atoms with Crippen LogP contribution in [0.15, 0.2) is 40.2 Å². The van der Waals surface area contributed by atoms with Crippen LogP contribution in [0.1, 0.15) is 21.3 Å². The molecular formula is C12H9BrFNOS. The number of hydrogen-bond acceptors (Lipinski definition) is 3. The van der Waals surface area contributed by atoms with E-state index in [1.54, 1.807) is 18.2 Å². The summed E-state index contributed by atoms with van der Waals surface area (Å²) in [5, 5.41) is 1.83. The van der Waals surface area contributed by atoms with Gasteiger partial charge in [0.1, 0.15) is 11.9 Å². The molecule has 88 valence electrons. The second-order valence-electron chi connectivity index (χ2n) is 3.46. The summed E-state index contributed by atoms with van der Waals surface area (Å²) in [6.45, 7) is 0. The highest BCUT2D eigenvalue weighted by Gasteiger charge is 2.22. The quantitative estimate of drug-likeness (QED) is 0.881. The SMILES string of the molecule is NC(C(=O)c1cccc(Br)c1F)c1cccs1. The summed E-state index contributed by atoms with van der Waals surface area (Å²) in [6, 6.07) is 7.37. The van der Waals surface area contributed by atoms with E-state index >= 15 is 0 Å². The van der Waals surface area contributed by atoms with Crippen molar-refractivity contribution in [1.82, 2.24) is 0 Å². The van der Waals surface area contributed by atoms with Crippen molar-refractivity contribution >= 4 is 33.0 Å². The zero-order valence-electron chi connectivity index (χ0n) is 8.69. The highest BCUT2D eigenvalue weighted by atomic mass is 79.9. The number of halogens is 2. The zero-order valence-corrected chi connectivity index (χ0v) is 11.1. The summed E-state index contributed by atoms with van der Waals surface area (Å²) in [5.41, 5.74) is 5.83. The molecule has 1 unspecified atom stereocenters. The van der Waals surface area contributed by atoms with Gasteiger partial charge >= 0.3 is 0 Å². The van der Waals surface area contributed by atoms with Crippen LogP contribution in [-0.2, 0) is 0 Å². The summed E-state index contributed by atoms with van der Waals surface area (Å²) < 4.78 is 14.0. The average molecular weight is 314 g/mol. The molecule has 0 aliphatic carbocycles. The number of Topliss-reactive ketones (excluding diaryl/α,β-unsaturated/α-hetero) is 1. The van der Waals surface area contributed by atoms with Crippen LogP contribution in [0.4, 0.5) is 4.39 Å². The van der Waals surface area contributed by atoms with Crippen LogP contribution < -0.4 is 5.73 Å². The Morgan fingerprint density at radius 1 is 1.35 bits per heavy atom. The molecule has 1 aromatic heterocycles. The van der Waals surface area contributed by atoms with Gasteiger partial charge in [0, 0.05) is 4.88 Å². The molecule has 1 heterocycles. The third kappa shape index (κ3) is 2.46. The fourth-order valence-electron chi connectivity index (χ4n) is 1.46. The Labute approximate surface area is 110 Å². The fraction of sp³-hybridized carbons (Fsp3) is 0.0833. The largest absolute Gasteiger partial charge is 0.317 e. The first-order valence-corrected chi connectivity index (χ1v) is 6.55. The van der Waals surface area contributed by atoms with Gasteiger partial charge in [0.05, 0.1) is 10.0 Å². The van der Waals surface area contributed by atoms with Crippen molar-refractivity contribution in [2.24, 2.45) is 5.73 Å². The molecule has 1 atom stereocenters. The summed E-state index contributed by atoms with van der Waals surface area (Å²) >= 11 is 4.43. The highest BCUT2D eigenvalue weighted by Crippen LogP contribution is 2.25. The second-order valence-corrected chi connectivity index (χ2v) is 5.29. The molecule has 2 aromatic rings. The van der Waals surface area contributed by atoms with E-state index in [1.165, 1.54) is 17.4 Å². The normalized spacial score (nSPS) is 12.4. The predicted octanol–water partition coefficient (Wildman–Crippen LogP) is 3.53. The summed E-state index contributed by atoms with van der Waals surface area (Å²) in [6.07, 6.45) is 0. The van der Waals surface area contributed by atoms with Crippen LogP contribution in [0.3, 0.4) is 0 Å². The summed E-state index contributed by atoms with van der Waals surface area (Å²) in [7, 11) is 0.